The van der Waals surface area contributed by atoms with Crippen LogP contribution in [0.2, 0.25) is 0 Å². The summed E-state index contributed by atoms with van der Waals surface area (Å²) in [5, 5.41) is 2.66. The van der Waals surface area contributed by atoms with Gasteiger partial charge in [-0.1, -0.05) is 0 Å². The summed E-state index contributed by atoms with van der Waals surface area (Å²) >= 11 is 0. The van der Waals surface area contributed by atoms with Crippen LogP contribution in [-0.2, 0) is 26.1 Å². The monoisotopic (exact) mass is 547 g/mol. The predicted molar refractivity (Wildman–Crippen MR) is 127 cm³/mol. The number of carbonyl (C=O) groups is 2. The number of anilines is 1. The SMILES string of the molecule is CCOC(=O)c1c(S(=O)(=O)N2CCC[C@H](C(=O)Nc3ccc(F)c(C)c3)C2)c(C)n(CC(F)(F)F)c1C. The van der Waals surface area contributed by atoms with Crippen molar-refractivity contribution in [3.05, 3.63) is 46.5 Å². The van der Waals surface area contributed by atoms with E-state index < -0.39 is 56.8 Å². The Morgan fingerprint density at radius 2 is 1.84 bits per heavy atom. The Balaban J connectivity index is 1.95. The number of amides is 1. The number of sulfonamides is 1. The molecule has 0 spiro atoms. The fourth-order valence-corrected chi connectivity index (χ4v) is 6.48. The van der Waals surface area contributed by atoms with Crippen molar-refractivity contribution < 1.29 is 40.3 Å². The van der Waals surface area contributed by atoms with Gasteiger partial charge < -0.3 is 14.6 Å². The van der Waals surface area contributed by atoms with Gasteiger partial charge in [0.1, 0.15) is 22.8 Å². The number of alkyl halides is 3. The van der Waals surface area contributed by atoms with E-state index in [1.54, 1.807) is 0 Å². The summed E-state index contributed by atoms with van der Waals surface area (Å²) in [6.07, 6.45) is -3.97. The number of rotatable bonds is 7. The minimum atomic E-state index is -4.66. The van der Waals surface area contributed by atoms with Gasteiger partial charge in [0.2, 0.25) is 15.9 Å². The van der Waals surface area contributed by atoms with Crippen molar-refractivity contribution in [1.82, 2.24) is 8.87 Å². The molecule has 1 aromatic heterocycles. The molecule has 37 heavy (non-hydrogen) atoms. The van der Waals surface area contributed by atoms with Crippen LogP contribution in [0.5, 0.6) is 0 Å². The zero-order chi connectivity index (χ0) is 27.7. The second-order valence-corrected chi connectivity index (χ2v) is 10.8. The quantitative estimate of drug-likeness (QED) is 0.411. The van der Waals surface area contributed by atoms with Gasteiger partial charge in [-0.2, -0.15) is 17.5 Å². The van der Waals surface area contributed by atoms with Crippen LogP contribution < -0.4 is 5.32 Å². The summed E-state index contributed by atoms with van der Waals surface area (Å²) in [6.45, 7) is 3.69. The number of aryl methyl sites for hydroxylation is 1. The van der Waals surface area contributed by atoms with Gasteiger partial charge in [-0.05, 0) is 64.3 Å². The largest absolute Gasteiger partial charge is 0.462 e. The third-order valence-corrected chi connectivity index (χ3v) is 8.35. The smallest absolute Gasteiger partial charge is 0.406 e. The van der Waals surface area contributed by atoms with Crippen LogP contribution in [0.25, 0.3) is 0 Å². The van der Waals surface area contributed by atoms with Gasteiger partial charge in [0.15, 0.2) is 0 Å². The first-order valence-electron chi connectivity index (χ1n) is 11.7. The fraction of sp³-hybridized carbons (Fsp3) is 0.500. The molecule has 1 amide bonds. The van der Waals surface area contributed by atoms with Crippen molar-refractivity contribution >= 4 is 27.6 Å². The lowest BCUT2D eigenvalue weighted by molar-refractivity contribution is -0.141. The molecular formula is C24H29F4N3O5S. The third-order valence-electron chi connectivity index (χ3n) is 6.32. The average molecular weight is 548 g/mol. The van der Waals surface area contributed by atoms with Crippen molar-refractivity contribution in [3.8, 4) is 0 Å². The number of nitrogens with zero attached hydrogens (tertiary/aromatic N) is 2. The zero-order valence-electron chi connectivity index (χ0n) is 20.9. The van der Waals surface area contributed by atoms with Gasteiger partial charge in [0.05, 0.1) is 12.5 Å². The molecule has 3 rings (SSSR count). The van der Waals surface area contributed by atoms with E-state index in [0.29, 0.717) is 24.1 Å². The van der Waals surface area contributed by atoms with Crippen LogP contribution in [0.15, 0.2) is 23.1 Å². The maximum atomic E-state index is 13.7. The van der Waals surface area contributed by atoms with Crippen LogP contribution in [0.4, 0.5) is 23.2 Å². The summed E-state index contributed by atoms with van der Waals surface area (Å²) in [4.78, 5) is 25.0. The van der Waals surface area contributed by atoms with Crippen LogP contribution in [0.3, 0.4) is 0 Å². The zero-order valence-corrected chi connectivity index (χ0v) is 21.7. The Morgan fingerprint density at radius 1 is 1.16 bits per heavy atom. The third kappa shape index (κ3) is 6.15. The van der Waals surface area contributed by atoms with Crippen molar-refractivity contribution in [2.45, 2.75) is 58.2 Å². The molecule has 2 aromatic rings. The van der Waals surface area contributed by atoms with Crippen molar-refractivity contribution in [3.63, 3.8) is 0 Å². The lowest BCUT2D eigenvalue weighted by atomic mass is 9.98. The summed E-state index contributed by atoms with van der Waals surface area (Å²) in [5.74, 6) is -2.72. The lowest BCUT2D eigenvalue weighted by Crippen LogP contribution is -2.44. The molecule has 0 unspecified atom stereocenters. The topological polar surface area (TPSA) is 97.7 Å². The van der Waals surface area contributed by atoms with E-state index in [0.717, 1.165) is 8.87 Å². The van der Waals surface area contributed by atoms with Gasteiger partial charge in [0, 0.05) is 30.2 Å². The van der Waals surface area contributed by atoms with Crippen molar-refractivity contribution in [2.24, 2.45) is 5.92 Å². The number of halogens is 4. The second-order valence-electron chi connectivity index (χ2n) is 8.95. The molecule has 13 heteroatoms. The molecule has 1 N–H and O–H groups in total. The van der Waals surface area contributed by atoms with Crippen molar-refractivity contribution in [2.75, 3.05) is 25.0 Å². The fourth-order valence-electron chi connectivity index (χ4n) is 4.50. The molecular weight excluding hydrogens is 518 g/mol. The highest BCUT2D eigenvalue weighted by atomic mass is 32.2. The average Bonchev–Trinajstić information content (AvgIpc) is 3.06. The van der Waals surface area contributed by atoms with E-state index in [1.165, 1.54) is 45.9 Å². The number of hydrogen-bond acceptors (Lipinski definition) is 5. The Bertz CT molecular complexity index is 1300. The second kappa shape index (κ2) is 10.8. The molecule has 1 aromatic carbocycles. The van der Waals surface area contributed by atoms with E-state index in [4.69, 9.17) is 4.74 Å². The number of piperidine rings is 1. The highest BCUT2D eigenvalue weighted by molar-refractivity contribution is 7.89. The molecule has 1 aliphatic heterocycles. The van der Waals surface area contributed by atoms with Gasteiger partial charge in [-0.15, -0.1) is 0 Å². The maximum Gasteiger partial charge on any atom is 0.406 e. The molecule has 204 valence electrons. The van der Waals surface area contributed by atoms with E-state index in [-0.39, 0.29) is 31.1 Å². The number of hydrogen-bond donors (Lipinski definition) is 1. The molecule has 0 bridgehead atoms. The number of nitrogens with one attached hydrogen (secondary N) is 1. The number of ether oxygens (including phenoxy) is 1. The number of aromatic nitrogens is 1. The predicted octanol–water partition coefficient (Wildman–Crippen LogP) is 4.33. The van der Waals surface area contributed by atoms with Gasteiger partial charge >= 0.3 is 12.1 Å². The first kappa shape index (κ1) is 28.6. The Morgan fingerprint density at radius 3 is 2.43 bits per heavy atom. The first-order chi connectivity index (χ1) is 17.2. The molecule has 1 aliphatic rings. The van der Waals surface area contributed by atoms with E-state index in [9.17, 15) is 35.6 Å². The Hall–Kier alpha value is -2.93. The molecule has 8 nitrogen and oxygen atoms in total. The molecule has 0 aliphatic carbocycles. The molecule has 1 fully saturated rings. The number of benzene rings is 1. The molecule has 0 saturated carbocycles. The summed E-state index contributed by atoms with van der Waals surface area (Å²) in [7, 11) is -4.48. The number of carbonyl (C=O) groups excluding carboxylic acids is 2. The van der Waals surface area contributed by atoms with E-state index in [1.807, 2.05) is 0 Å². The van der Waals surface area contributed by atoms with Crippen LogP contribution in [0, 0.1) is 32.5 Å². The van der Waals surface area contributed by atoms with Crippen LogP contribution in [-0.4, -0.2) is 55.0 Å². The molecule has 1 atom stereocenters. The molecule has 2 heterocycles. The van der Waals surface area contributed by atoms with Crippen molar-refractivity contribution in [1.29, 1.82) is 0 Å². The minimum Gasteiger partial charge on any atom is -0.462 e. The highest BCUT2D eigenvalue weighted by Gasteiger charge is 2.41. The maximum absolute atomic E-state index is 13.7. The minimum absolute atomic E-state index is 0.0208. The Labute approximate surface area is 212 Å². The van der Waals surface area contributed by atoms with Crippen LogP contribution >= 0.6 is 0 Å². The highest BCUT2D eigenvalue weighted by Crippen LogP contribution is 2.34. The summed E-state index contributed by atoms with van der Waals surface area (Å²) in [5.41, 5.74) is -0.191. The molecule has 0 radical (unpaired) electrons. The molecule has 1 saturated heterocycles. The summed E-state index contributed by atoms with van der Waals surface area (Å²) < 4.78 is 87.5. The number of esters is 1. The van der Waals surface area contributed by atoms with Gasteiger partial charge in [-0.25, -0.2) is 17.6 Å². The van der Waals surface area contributed by atoms with E-state index >= 15 is 0 Å². The van der Waals surface area contributed by atoms with E-state index in [2.05, 4.69) is 5.32 Å². The van der Waals surface area contributed by atoms with Gasteiger partial charge in [-0.3, -0.25) is 4.79 Å². The Kier molecular flexibility index (Phi) is 8.37. The first-order valence-corrected chi connectivity index (χ1v) is 13.1. The van der Waals surface area contributed by atoms with Crippen LogP contribution in [0.1, 0.15) is 47.1 Å². The lowest BCUT2D eigenvalue weighted by Gasteiger charge is -2.31. The van der Waals surface area contributed by atoms with Gasteiger partial charge in [0.25, 0.3) is 0 Å². The standard InChI is InChI=1S/C24H29F4N3O5S/c1-5-36-23(33)20-15(3)31(13-24(26,27)28)16(4)21(20)37(34,35)30-10-6-7-17(12-30)22(32)29-18-8-9-19(25)14(2)11-18/h8-9,11,17H,5-7,10,12-13H2,1-4H3,(H,29,32)/t17-/m0/s1. The normalized spacial score (nSPS) is 17.0. The summed E-state index contributed by atoms with van der Waals surface area (Å²) in [6, 6.07) is 4.04.